The Balaban J connectivity index is 1.23. The van der Waals surface area contributed by atoms with Gasteiger partial charge in [-0.05, 0) is 24.1 Å². The van der Waals surface area contributed by atoms with Gasteiger partial charge in [0, 0.05) is 12.0 Å². The second kappa shape index (κ2) is 10.0. The van der Waals surface area contributed by atoms with Crippen molar-refractivity contribution in [2.24, 2.45) is 5.92 Å². The molecule has 6 aliphatic heterocycles. The topological polar surface area (TPSA) is 148 Å². The Hall–Kier alpha value is -2.84. The number of carbonyl (C=O) groups excluding carboxylic acids is 2. The highest BCUT2D eigenvalue weighted by Crippen LogP contribution is 2.41. The molecule has 12 heteroatoms. The number of ether oxygens (including phenoxy) is 8. The third-order valence-corrected chi connectivity index (χ3v) is 7.40. The number of aliphatic hydroxyl groups is 2. The van der Waals surface area contributed by atoms with E-state index in [1.165, 1.54) is 6.26 Å². The van der Waals surface area contributed by atoms with Crippen LogP contribution >= 0.6 is 0 Å². The predicted octanol–water partition coefficient (Wildman–Crippen LogP) is 0.263. The first kappa shape index (κ1) is 25.4. The third kappa shape index (κ3) is 4.13. The van der Waals surface area contributed by atoms with Gasteiger partial charge in [0.2, 0.25) is 6.29 Å². The largest absolute Gasteiger partial charge is 0.471 e. The summed E-state index contributed by atoms with van der Waals surface area (Å²) in [4.78, 5) is 24.6. The van der Waals surface area contributed by atoms with Crippen molar-refractivity contribution in [3.63, 3.8) is 0 Å². The summed E-state index contributed by atoms with van der Waals surface area (Å²) in [6, 6.07) is 0. The minimum absolute atomic E-state index is 0.104. The molecule has 2 saturated heterocycles. The average molecular weight is 532 g/mol. The molecule has 204 valence electrons. The first-order chi connectivity index (χ1) is 18.4. The maximum atomic E-state index is 12.5. The summed E-state index contributed by atoms with van der Waals surface area (Å²) in [6.07, 6.45) is -2.46. The summed E-state index contributed by atoms with van der Waals surface area (Å²) in [7, 11) is 0. The van der Waals surface area contributed by atoms with E-state index < -0.39 is 67.4 Å². The lowest BCUT2D eigenvalue weighted by Crippen LogP contribution is -2.63. The van der Waals surface area contributed by atoms with Gasteiger partial charge in [0.25, 0.3) is 0 Å². The second-order valence-corrected chi connectivity index (χ2v) is 9.47. The van der Waals surface area contributed by atoms with Crippen molar-refractivity contribution in [1.82, 2.24) is 0 Å². The number of esters is 2. The Bertz CT molecular complexity index is 1150. The van der Waals surface area contributed by atoms with Crippen molar-refractivity contribution >= 4 is 11.9 Å². The van der Waals surface area contributed by atoms with Gasteiger partial charge in [0.1, 0.15) is 37.3 Å². The van der Waals surface area contributed by atoms with Crippen molar-refractivity contribution in [2.45, 2.75) is 62.9 Å². The number of rotatable bonds is 3. The maximum absolute atomic E-state index is 12.5. The zero-order valence-electron chi connectivity index (χ0n) is 20.5. The molecule has 38 heavy (non-hydrogen) atoms. The zero-order chi connectivity index (χ0) is 26.6. The highest BCUT2D eigenvalue weighted by Gasteiger charge is 2.52. The van der Waals surface area contributed by atoms with Gasteiger partial charge in [0.15, 0.2) is 18.9 Å². The van der Waals surface area contributed by atoms with Gasteiger partial charge in [0.05, 0.1) is 30.3 Å². The fraction of sp³-hybridized carbons (Fsp3) is 0.538. The van der Waals surface area contributed by atoms with E-state index in [1.807, 2.05) is 0 Å². The molecule has 0 radical (unpaired) electrons. The summed E-state index contributed by atoms with van der Waals surface area (Å²) in [5.41, 5.74) is 2.52. The monoisotopic (exact) mass is 532 g/mol. The predicted molar refractivity (Wildman–Crippen MR) is 123 cm³/mol. The van der Waals surface area contributed by atoms with Gasteiger partial charge in [-0.25, -0.2) is 9.59 Å². The van der Waals surface area contributed by atoms with E-state index in [0.29, 0.717) is 17.6 Å². The number of cyclic esters (lactones) is 2. The Morgan fingerprint density at radius 2 is 1.89 bits per heavy atom. The van der Waals surface area contributed by atoms with E-state index in [0.717, 1.165) is 5.57 Å². The van der Waals surface area contributed by atoms with Gasteiger partial charge in [-0.2, -0.15) is 0 Å². The van der Waals surface area contributed by atoms with E-state index in [1.54, 1.807) is 25.2 Å². The Morgan fingerprint density at radius 3 is 2.68 bits per heavy atom. The number of carbonyl (C=O) groups is 2. The molecular weight excluding hydrogens is 504 g/mol. The molecule has 0 aromatic carbocycles. The van der Waals surface area contributed by atoms with Gasteiger partial charge < -0.3 is 48.1 Å². The first-order valence-corrected chi connectivity index (χ1v) is 12.4. The number of aliphatic hydroxyl groups excluding tert-OH is 2. The minimum atomic E-state index is -1.52. The van der Waals surface area contributed by atoms with Crippen LogP contribution in [0.4, 0.5) is 0 Å². The third-order valence-electron chi connectivity index (χ3n) is 7.40. The second-order valence-electron chi connectivity index (χ2n) is 9.47. The lowest BCUT2D eigenvalue weighted by molar-refractivity contribution is -0.371. The van der Waals surface area contributed by atoms with Crippen LogP contribution in [0.3, 0.4) is 0 Å². The Labute approximate surface area is 217 Å². The Kier molecular flexibility index (Phi) is 6.72. The molecule has 6 rings (SSSR count). The highest BCUT2D eigenvalue weighted by molar-refractivity contribution is 5.94. The van der Waals surface area contributed by atoms with Crippen LogP contribution in [0.15, 0.2) is 58.9 Å². The van der Waals surface area contributed by atoms with Gasteiger partial charge in [-0.1, -0.05) is 12.2 Å². The maximum Gasteiger partial charge on any atom is 0.341 e. The lowest BCUT2D eigenvalue weighted by atomic mass is 9.89. The van der Waals surface area contributed by atoms with Crippen molar-refractivity contribution in [3.05, 3.63) is 58.9 Å². The number of fused-ring (bicyclic) bond motifs is 5. The number of hydrogen-bond donors (Lipinski definition) is 2. The summed E-state index contributed by atoms with van der Waals surface area (Å²) >= 11 is 0. The molecule has 0 aromatic rings. The van der Waals surface area contributed by atoms with Crippen molar-refractivity contribution in [3.8, 4) is 0 Å². The molecule has 9 atom stereocenters. The molecule has 2 fully saturated rings. The number of allylic oxidation sites excluding steroid dienone is 1. The molecule has 2 bridgehead atoms. The van der Waals surface area contributed by atoms with Crippen LogP contribution in [0, 0.1) is 5.92 Å². The van der Waals surface area contributed by atoms with Gasteiger partial charge in [-0.3, -0.25) is 0 Å². The fourth-order valence-corrected chi connectivity index (χ4v) is 5.50. The molecule has 6 aliphatic rings. The molecule has 0 unspecified atom stereocenters. The molecule has 0 amide bonds. The molecular formula is C26H28O12. The van der Waals surface area contributed by atoms with Gasteiger partial charge >= 0.3 is 11.9 Å². The zero-order valence-corrected chi connectivity index (χ0v) is 20.5. The van der Waals surface area contributed by atoms with Crippen LogP contribution in [-0.2, 0) is 47.5 Å². The van der Waals surface area contributed by atoms with E-state index in [4.69, 9.17) is 37.9 Å². The lowest BCUT2D eigenvalue weighted by Gasteiger charge is -2.48. The summed E-state index contributed by atoms with van der Waals surface area (Å²) in [5.74, 6) is -1.60. The molecule has 12 nitrogen and oxygen atoms in total. The van der Waals surface area contributed by atoms with E-state index in [9.17, 15) is 19.8 Å². The molecule has 0 aromatic heterocycles. The molecule has 2 N–H and O–H groups in total. The van der Waals surface area contributed by atoms with E-state index >= 15 is 0 Å². The van der Waals surface area contributed by atoms with Crippen molar-refractivity contribution < 1.29 is 57.7 Å². The minimum Gasteiger partial charge on any atom is -0.471 e. The standard InChI is InChI=1S/C26H28O12/c1-3-11-13-5-7-31-21(29)15(13)9-33-23(11)37-26-19(28)18(27)20-16(35-26)10-34-25-17-14(6-8-32-22(17)30)12(4-2)24(36-20)38-25/h3-5,9,11,16,18-20,23-28H,1,6-8,10H2,2H3/b12-4+/t11-,16+,18+,19+,20+,23-,24+,25-,26-/m0/s1. The quantitative estimate of drug-likeness (QED) is 0.379. The summed E-state index contributed by atoms with van der Waals surface area (Å²) < 4.78 is 45.8. The molecule has 0 saturated carbocycles. The first-order valence-electron chi connectivity index (χ1n) is 12.4. The van der Waals surface area contributed by atoms with Crippen molar-refractivity contribution in [2.75, 3.05) is 19.8 Å². The molecule has 0 spiro atoms. The Morgan fingerprint density at radius 1 is 1.05 bits per heavy atom. The average Bonchev–Trinajstić information content (AvgIpc) is 2.91. The SMILES string of the molecule is C=C[C@H]1C2=CCOC(=O)C2=CO[C@H]1O[C@@H]1O[C@@H]2CO[C@H]3O[C@@H](O[C@H]2[C@H](O)[C@H]1O)/C(=C/C)C1=C3C(=O)OCC1. The van der Waals surface area contributed by atoms with Crippen molar-refractivity contribution in [1.29, 1.82) is 0 Å². The summed E-state index contributed by atoms with van der Waals surface area (Å²) in [6.45, 7) is 5.80. The van der Waals surface area contributed by atoms with E-state index in [-0.39, 0.29) is 31.0 Å². The van der Waals surface area contributed by atoms with Crippen LogP contribution in [0.2, 0.25) is 0 Å². The summed E-state index contributed by atoms with van der Waals surface area (Å²) in [5, 5.41) is 22.0. The van der Waals surface area contributed by atoms with Crippen LogP contribution in [0.1, 0.15) is 13.3 Å². The van der Waals surface area contributed by atoms with Crippen LogP contribution in [-0.4, -0.2) is 91.5 Å². The highest BCUT2D eigenvalue weighted by atomic mass is 16.8. The van der Waals surface area contributed by atoms with Gasteiger partial charge in [-0.15, -0.1) is 6.58 Å². The fourth-order valence-electron chi connectivity index (χ4n) is 5.50. The smallest absolute Gasteiger partial charge is 0.341 e. The molecule has 0 aliphatic carbocycles. The van der Waals surface area contributed by atoms with E-state index in [2.05, 4.69) is 6.58 Å². The normalized spacial score (nSPS) is 41.7. The van der Waals surface area contributed by atoms with Crippen LogP contribution in [0.5, 0.6) is 0 Å². The number of hydrogen-bond acceptors (Lipinski definition) is 12. The van der Waals surface area contributed by atoms with Crippen LogP contribution in [0.25, 0.3) is 0 Å². The van der Waals surface area contributed by atoms with Crippen LogP contribution < -0.4 is 0 Å². The molecule has 6 heterocycles.